The quantitative estimate of drug-likeness (QED) is 0.907. The van der Waals surface area contributed by atoms with Gasteiger partial charge in [0.15, 0.2) is 4.34 Å². The number of amides is 1. The second-order valence-electron chi connectivity index (χ2n) is 6.57. The van der Waals surface area contributed by atoms with Crippen molar-refractivity contribution in [2.45, 2.75) is 34.5 Å². The second kappa shape index (κ2) is 7.25. The molecular weight excluding hydrogens is 338 g/mol. The first kappa shape index (κ1) is 16.1. The summed E-state index contributed by atoms with van der Waals surface area (Å²) >= 11 is 3.26. The van der Waals surface area contributed by atoms with Gasteiger partial charge in [-0.2, -0.15) is 0 Å². The van der Waals surface area contributed by atoms with Crippen LogP contribution in [0.2, 0.25) is 0 Å². The molecule has 2 bridgehead atoms. The Bertz CT molecular complexity index is 665. The number of nitrogens with zero attached hydrogens (tertiary/aromatic N) is 2. The first-order chi connectivity index (χ1) is 11.8. The van der Waals surface area contributed by atoms with Crippen LogP contribution in [0.1, 0.15) is 29.6 Å². The van der Waals surface area contributed by atoms with Crippen molar-refractivity contribution in [1.29, 1.82) is 0 Å². The van der Waals surface area contributed by atoms with Crippen molar-refractivity contribution in [3.63, 3.8) is 0 Å². The Balaban J connectivity index is 1.37. The summed E-state index contributed by atoms with van der Waals surface area (Å²) < 4.78 is 1.02. The third-order valence-corrected chi connectivity index (χ3v) is 6.76. The fourth-order valence-electron chi connectivity index (χ4n) is 3.60. The molecule has 126 valence electrons. The number of aromatic nitrogens is 1. The number of hydrogen-bond donors (Lipinski definition) is 1. The predicted molar refractivity (Wildman–Crippen MR) is 97.7 cm³/mol. The van der Waals surface area contributed by atoms with Gasteiger partial charge in [0.05, 0.1) is 0 Å². The molecule has 4 nitrogen and oxygen atoms in total. The number of hydrogen-bond acceptors (Lipinski definition) is 5. The maximum Gasteiger partial charge on any atom is 0.251 e. The molecule has 5 rings (SSSR count). The van der Waals surface area contributed by atoms with E-state index in [1.54, 1.807) is 23.1 Å². The Hall–Kier alpha value is -1.37. The van der Waals surface area contributed by atoms with E-state index in [1.807, 2.05) is 35.8 Å². The van der Waals surface area contributed by atoms with Crippen molar-refractivity contribution >= 4 is 29.0 Å². The summed E-state index contributed by atoms with van der Waals surface area (Å²) in [5.41, 5.74) is 0.741. The fourth-order valence-corrected chi connectivity index (χ4v) is 5.20. The average molecular weight is 360 g/mol. The second-order valence-corrected chi connectivity index (χ2v) is 8.79. The Labute approximate surface area is 150 Å². The number of piperidine rings is 1. The molecule has 0 saturated carbocycles. The van der Waals surface area contributed by atoms with E-state index in [2.05, 4.69) is 15.2 Å². The molecule has 1 atom stereocenters. The SMILES string of the molecule is O=C(NC1CC2CCN(CC2)C1)c1ccc(Sc2nccs2)cc1. The minimum atomic E-state index is 0.0494. The number of carbonyl (C=O) groups excluding carboxylic acids is 1. The molecule has 3 fully saturated rings. The largest absolute Gasteiger partial charge is 0.348 e. The summed E-state index contributed by atoms with van der Waals surface area (Å²) in [6.07, 6.45) is 5.51. The van der Waals surface area contributed by atoms with Crippen LogP contribution >= 0.6 is 23.1 Å². The van der Waals surface area contributed by atoms with Gasteiger partial charge < -0.3 is 10.2 Å². The van der Waals surface area contributed by atoms with Crippen molar-refractivity contribution in [3.8, 4) is 0 Å². The van der Waals surface area contributed by atoms with E-state index in [-0.39, 0.29) is 11.9 Å². The Morgan fingerprint density at radius 2 is 2.04 bits per heavy atom. The molecule has 3 aliphatic heterocycles. The van der Waals surface area contributed by atoms with Crippen molar-refractivity contribution in [2.24, 2.45) is 5.92 Å². The van der Waals surface area contributed by atoms with Gasteiger partial charge in [-0.05, 0) is 62.5 Å². The zero-order chi connectivity index (χ0) is 16.4. The van der Waals surface area contributed by atoms with Gasteiger partial charge in [-0.3, -0.25) is 4.79 Å². The third-order valence-electron chi connectivity index (χ3n) is 4.87. The minimum Gasteiger partial charge on any atom is -0.348 e. The van der Waals surface area contributed by atoms with Gasteiger partial charge in [-0.15, -0.1) is 11.3 Å². The Morgan fingerprint density at radius 3 is 2.75 bits per heavy atom. The molecule has 4 heterocycles. The van der Waals surface area contributed by atoms with Crippen molar-refractivity contribution < 1.29 is 4.79 Å². The van der Waals surface area contributed by atoms with Crippen LogP contribution in [-0.2, 0) is 0 Å². The molecular formula is C18H21N3OS2. The number of benzene rings is 1. The van der Waals surface area contributed by atoms with Gasteiger partial charge in [0.1, 0.15) is 0 Å². The van der Waals surface area contributed by atoms with E-state index in [4.69, 9.17) is 0 Å². The van der Waals surface area contributed by atoms with Crippen LogP contribution in [0.15, 0.2) is 45.1 Å². The third kappa shape index (κ3) is 3.82. The Kier molecular flexibility index (Phi) is 4.87. The van der Waals surface area contributed by atoms with Crippen molar-refractivity contribution in [3.05, 3.63) is 41.4 Å². The molecule has 1 unspecified atom stereocenters. The van der Waals surface area contributed by atoms with E-state index in [1.165, 1.54) is 25.9 Å². The molecule has 0 spiro atoms. The highest BCUT2D eigenvalue weighted by Gasteiger charge is 2.29. The predicted octanol–water partition coefficient (Wildman–Crippen LogP) is 3.51. The van der Waals surface area contributed by atoms with Crippen LogP contribution < -0.4 is 5.32 Å². The van der Waals surface area contributed by atoms with Gasteiger partial charge in [-0.1, -0.05) is 11.8 Å². The molecule has 3 saturated heterocycles. The number of carbonyl (C=O) groups is 1. The summed E-state index contributed by atoms with van der Waals surface area (Å²) in [6, 6.07) is 8.12. The van der Waals surface area contributed by atoms with Gasteiger partial charge >= 0.3 is 0 Å². The smallest absolute Gasteiger partial charge is 0.251 e. The average Bonchev–Trinajstić information content (AvgIpc) is 2.94. The van der Waals surface area contributed by atoms with E-state index >= 15 is 0 Å². The number of rotatable bonds is 4. The van der Waals surface area contributed by atoms with Crippen LogP contribution in [0.4, 0.5) is 0 Å². The van der Waals surface area contributed by atoms with Crippen molar-refractivity contribution in [1.82, 2.24) is 15.2 Å². The molecule has 1 aromatic heterocycles. The van der Waals surface area contributed by atoms with Crippen LogP contribution in [0.3, 0.4) is 0 Å². The molecule has 1 amide bonds. The fraction of sp³-hybridized carbons (Fsp3) is 0.444. The normalized spacial score (nSPS) is 26.1. The first-order valence-corrected chi connectivity index (χ1v) is 10.2. The molecule has 1 aromatic carbocycles. The molecule has 6 heteroatoms. The maximum atomic E-state index is 12.5. The van der Waals surface area contributed by atoms with Gasteiger partial charge in [0.2, 0.25) is 0 Å². The van der Waals surface area contributed by atoms with E-state index < -0.39 is 0 Å². The topological polar surface area (TPSA) is 45.2 Å². The van der Waals surface area contributed by atoms with E-state index in [0.29, 0.717) is 0 Å². The molecule has 3 aliphatic rings. The molecule has 0 aliphatic carbocycles. The standard InChI is InChI=1S/C18H21N3OS2/c22-17(20-15-11-13-5-8-21(12-15)9-6-13)14-1-3-16(4-2-14)24-18-19-7-10-23-18/h1-4,7,10,13,15H,5-6,8-9,11-12H2,(H,20,22). The highest BCUT2D eigenvalue weighted by atomic mass is 32.2. The summed E-state index contributed by atoms with van der Waals surface area (Å²) in [7, 11) is 0. The number of fused-ring (bicyclic) bond motifs is 4. The minimum absolute atomic E-state index is 0.0494. The van der Waals surface area contributed by atoms with Crippen LogP contribution in [0.25, 0.3) is 0 Å². The summed E-state index contributed by atoms with van der Waals surface area (Å²) in [5, 5.41) is 5.22. The lowest BCUT2D eigenvalue weighted by Crippen LogP contribution is -2.41. The highest BCUT2D eigenvalue weighted by Crippen LogP contribution is 2.29. The van der Waals surface area contributed by atoms with Gasteiger partial charge in [0.25, 0.3) is 5.91 Å². The van der Waals surface area contributed by atoms with E-state index in [0.717, 1.165) is 33.7 Å². The Morgan fingerprint density at radius 1 is 1.25 bits per heavy atom. The van der Waals surface area contributed by atoms with Crippen LogP contribution in [0.5, 0.6) is 0 Å². The van der Waals surface area contributed by atoms with Crippen molar-refractivity contribution in [2.75, 3.05) is 19.6 Å². The van der Waals surface area contributed by atoms with Crippen LogP contribution in [-0.4, -0.2) is 41.5 Å². The molecule has 2 aromatic rings. The van der Waals surface area contributed by atoms with E-state index in [9.17, 15) is 4.79 Å². The first-order valence-electron chi connectivity index (χ1n) is 8.47. The number of thiazole rings is 1. The lowest BCUT2D eigenvalue weighted by atomic mass is 9.94. The molecule has 0 radical (unpaired) electrons. The lowest BCUT2D eigenvalue weighted by Gasteiger charge is -2.26. The van der Waals surface area contributed by atoms with Gasteiger partial charge in [0, 0.05) is 34.6 Å². The maximum absolute atomic E-state index is 12.5. The summed E-state index contributed by atoms with van der Waals surface area (Å²) in [6.45, 7) is 3.39. The lowest BCUT2D eigenvalue weighted by molar-refractivity contribution is 0.0929. The van der Waals surface area contributed by atoms with Crippen LogP contribution in [0, 0.1) is 5.92 Å². The monoisotopic (exact) mass is 359 g/mol. The zero-order valence-corrected chi connectivity index (χ0v) is 15.1. The highest BCUT2D eigenvalue weighted by molar-refractivity contribution is 8.01. The molecule has 1 N–H and O–H groups in total. The van der Waals surface area contributed by atoms with Gasteiger partial charge in [-0.25, -0.2) is 4.98 Å². The molecule has 24 heavy (non-hydrogen) atoms. The summed E-state index contributed by atoms with van der Waals surface area (Å²) in [4.78, 5) is 20.4. The summed E-state index contributed by atoms with van der Waals surface area (Å²) in [5.74, 6) is 0.833. The zero-order valence-electron chi connectivity index (χ0n) is 13.5. The number of nitrogens with one attached hydrogen (secondary N) is 1.